The van der Waals surface area contributed by atoms with E-state index < -0.39 is 0 Å². The lowest BCUT2D eigenvalue weighted by atomic mass is 10.3. The number of nitrogens with two attached hydrogens (primary N) is 1. The molecule has 0 bridgehead atoms. The molecule has 1 unspecified atom stereocenters. The zero-order valence-electron chi connectivity index (χ0n) is 7.87. The number of nitrogens with one attached hydrogen (secondary N) is 1. The number of anilines is 1. The highest BCUT2D eigenvalue weighted by Crippen LogP contribution is 2.17. The van der Waals surface area contributed by atoms with Crippen molar-refractivity contribution in [1.29, 1.82) is 0 Å². The fraction of sp³-hybridized carbons (Fsp3) is 0.333. The number of pyridine rings is 1. The average molecular weight is 272 g/mol. The van der Waals surface area contributed by atoms with E-state index in [-0.39, 0.29) is 17.4 Å². The summed E-state index contributed by atoms with van der Waals surface area (Å²) in [5.74, 6) is -0.105. The van der Waals surface area contributed by atoms with Crippen molar-refractivity contribution in [3.63, 3.8) is 0 Å². The van der Waals surface area contributed by atoms with E-state index in [1.807, 2.05) is 0 Å². The molecule has 15 heavy (non-hydrogen) atoms. The minimum atomic E-state index is -0.198. The van der Waals surface area contributed by atoms with E-state index in [0.717, 1.165) is 0 Å². The summed E-state index contributed by atoms with van der Waals surface area (Å²) < 4.78 is 0.410. The quantitative estimate of drug-likeness (QED) is 0.766. The molecule has 1 fully saturated rings. The number of hydrogen-bond donors (Lipinski definition) is 2. The molecule has 0 aromatic carbocycles. The van der Waals surface area contributed by atoms with Gasteiger partial charge in [0.15, 0.2) is 0 Å². The number of aromatic nitrogens is 1. The molecule has 0 aliphatic carbocycles. The molecule has 6 heteroatoms. The van der Waals surface area contributed by atoms with Crippen LogP contribution in [0.15, 0.2) is 21.7 Å². The van der Waals surface area contributed by atoms with Gasteiger partial charge in [-0.3, -0.25) is 9.59 Å². The van der Waals surface area contributed by atoms with Gasteiger partial charge >= 0.3 is 0 Å². The van der Waals surface area contributed by atoms with Gasteiger partial charge in [0.05, 0.1) is 4.47 Å². The molecular weight excluding hydrogens is 262 g/mol. The van der Waals surface area contributed by atoms with Crippen LogP contribution in [0.4, 0.5) is 5.69 Å². The summed E-state index contributed by atoms with van der Waals surface area (Å²) in [5, 5.41) is 0. The van der Waals surface area contributed by atoms with Crippen molar-refractivity contribution in [3.05, 3.63) is 27.1 Å². The number of amides is 1. The maximum atomic E-state index is 11.7. The molecule has 1 aliphatic rings. The standard InChI is InChI=1S/C9H10BrN3O2/c10-6-2-12-3-7(9(6)15)13-4-5(11)1-8(13)14/h2-3,5H,1,4,11H2,(H,12,15). The lowest BCUT2D eigenvalue weighted by Gasteiger charge is -2.14. The molecule has 0 saturated carbocycles. The van der Waals surface area contributed by atoms with Gasteiger partial charge in [-0.1, -0.05) is 0 Å². The van der Waals surface area contributed by atoms with Gasteiger partial charge < -0.3 is 15.6 Å². The Bertz CT molecular complexity index is 457. The highest BCUT2D eigenvalue weighted by atomic mass is 79.9. The van der Waals surface area contributed by atoms with Crippen LogP contribution in [-0.2, 0) is 4.79 Å². The SMILES string of the molecule is NC1CC(=O)N(c2c[nH]cc(Br)c2=O)C1. The molecule has 0 radical (unpaired) electrons. The monoisotopic (exact) mass is 271 g/mol. The Morgan fingerprint density at radius 2 is 2.20 bits per heavy atom. The number of hydrogen-bond acceptors (Lipinski definition) is 3. The number of H-pyrrole nitrogens is 1. The van der Waals surface area contributed by atoms with Gasteiger partial charge in [0.2, 0.25) is 11.3 Å². The molecule has 1 aromatic rings. The molecule has 1 saturated heterocycles. The molecule has 1 atom stereocenters. The van der Waals surface area contributed by atoms with Crippen LogP contribution >= 0.6 is 15.9 Å². The minimum Gasteiger partial charge on any atom is -0.365 e. The molecule has 3 N–H and O–H groups in total. The summed E-state index contributed by atoms with van der Waals surface area (Å²) in [6, 6.07) is -0.184. The van der Waals surface area contributed by atoms with Crippen LogP contribution in [0.5, 0.6) is 0 Å². The van der Waals surface area contributed by atoms with Crippen LogP contribution in [0.2, 0.25) is 0 Å². The lowest BCUT2D eigenvalue weighted by molar-refractivity contribution is -0.117. The van der Waals surface area contributed by atoms with Gasteiger partial charge in [-0.15, -0.1) is 0 Å². The molecule has 5 nitrogen and oxygen atoms in total. The Hall–Kier alpha value is -1.14. The van der Waals surface area contributed by atoms with Crippen LogP contribution in [0.25, 0.3) is 0 Å². The van der Waals surface area contributed by atoms with Gasteiger partial charge in [0, 0.05) is 31.4 Å². The van der Waals surface area contributed by atoms with Crippen LogP contribution in [0.3, 0.4) is 0 Å². The van der Waals surface area contributed by atoms with E-state index in [1.165, 1.54) is 17.3 Å². The van der Waals surface area contributed by atoms with Crippen molar-refractivity contribution in [2.24, 2.45) is 5.73 Å². The Morgan fingerprint density at radius 1 is 1.47 bits per heavy atom. The molecule has 0 spiro atoms. The second kappa shape index (κ2) is 3.79. The third-order valence-electron chi connectivity index (χ3n) is 2.33. The Morgan fingerprint density at radius 3 is 2.80 bits per heavy atom. The zero-order valence-corrected chi connectivity index (χ0v) is 9.45. The second-order valence-electron chi connectivity index (χ2n) is 3.49. The van der Waals surface area contributed by atoms with Crippen molar-refractivity contribution in [3.8, 4) is 0 Å². The van der Waals surface area contributed by atoms with Gasteiger partial charge in [-0.2, -0.15) is 0 Å². The third kappa shape index (κ3) is 1.82. The van der Waals surface area contributed by atoms with Gasteiger partial charge in [-0.05, 0) is 15.9 Å². The van der Waals surface area contributed by atoms with Crippen molar-refractivity contribution < 1.29 is 4.79 Å². The normalized spacial score (nSPS) is 21.1. The molecule has 80 valence electrons. The van der Waals surface area contributed by atoms with E-state index >= 15 is 0 Å². The average Bonchev–Trinajstić information content (AvgIpc) is 2.50. The fourth-order valence-electron chi connectivity index (χ4n) is 1.62. The summed E-state index contributed by atoms with van der Waals surface area (Å²) in [7, 11) is 0. The first-order valence-electron chi connectivity index (χ1n) is 4.52. The predicted octanol–water partition coefficient (Wildman–Crippen LogP) is 0.201. The van der Waals surface area contributed by atoms with E-state index in [9.17, 15) is 9.59 Å². The number of rotatable bonds is 1. The van der Waals surface area contributed by atoms with E-state index in [0.29, 0.717) is 23.1 Å². The first kappa shape index (κ1) is 10.4. The summed E-state index contributed by atoms with van der Waals surface area (Å²) in [6.07, 6.45) is 3.35. The summed E-state index contributed by atoms with van der Waals surface area (Å²) >= 11 is 3.12. The maximum Gasteiger partial charge on any atom is 0.228 e. The highest BCUT2D eigenvalue weighted by molar-refractivity contribution is 9.10. The van der Waals surface area contributed by atoms with E-state index in [4.69, 9.17) is 5.73 Å². The second-order valence-corrected chi connectivity index (χ2v) is 4.34. The van der Waals surface area contributed by atoms with Crippen LogP contribution < -0.4 is 16.1 Å². The maximum absolute atomic E-state index is 11.7. The van der Waals surface area contributed by atoms with Gasteiger partial charge in [-0.25, -0.2) is 0 Å². The number of carbonyl (C=O) groups excluding carboxylic acids is 1. The molecule has 2 heterocycles. The summed E-state index contributed by atoms with van der Waals surface area (Å²) in [4.78, 5) is 27.5. The largest absolute Gasteiger partial charge is 0.365 e. The van der Waals surface area contributed by atoms with Crippen molar-refractivity contribution in [2.75, 3.05) is 11.4 Å². The number of aromatic amines is 1. The predicted molar refractivity (Wildman–Crippen MR) is 59.7 cm³/mol. The fourth-order valence-corrected chi connectivity index (χ4v) is 1.95. The minimum absolute atomic E-state index is 0.105. The Labute approximate surface area is 94.4 Å². The summed E-state index contributed by atoms with van der Waals surface area (Å²) in [6.45, 7) is 0.401. The molecule has 2 rings (SSSR count). The van der Waals surface area contributed by atoms with Crippen molar-refractivity contribution in [1.82, 2.24) is 4.98 Å². The smallest absolute Gasteiger partial charge is 0.228 e. The van der Waals surface area contributed by atoms with Crippen LogP contribution in [0.1, 0.15) is 6.42 Å². The van der Waals surface area contributed by atoms with Crippen LogP contribution in [0, 0.1) is 0 Å². The van der Waals surface area contributed by atoms with Crippen molar-refractivity contribution in [2.45, 2.75) is 12.5 Å². The molecule has 1 aromatic heterocycles. The molecule has 1 amide bonds. The highest BCUT2D eigenvalue weighted by Gasteiger charge is 2.29. The first-order chi connectivity index (χ1) is 7.09. The zero-order chi connectivity index (χ0) is 11.0. The van der Waals surface area contributed by atoms with E-state index in [2.05, 4.69) is 20.9 Å². The van der Waals surface area contributed by atoms with Crippen molar-refractivity contribution >= 4 is 27.5 Å². The van der Waals surface area contributed by atoms with E-state index in [1.54, 1.807) is 0 Å². The summed E-state index contributed by atoms with van der Waals surface area (Å²) in [5.41, 5.74) is 5.81. The van der Waals surface area contributed by atoms with Gasteiger partial charge in [0.25, 0.3) is 0 Å². The number of nitrogens with zero attached hydrogens (tertiary/aromatic N) is 1. The number of halogens is 1. The lowest BCUT2D eigenvalue weighted by Crippen LogP contribution is -2.31. The van der Waals surface area contributed by atoms with Crippen LogP contribution in [-0.4, -0.2) is 23.5 Å². The number of carbonyl (C=O) groups is 1. The van der Waals surface area contributed by atoms with Gasteiger partial charge in [0.1, 0.15) is 5.69 Å². The third-order valence-corrected chi connectivity index (χ3v) is 2.91. The Kier molecular flexibility index (Phi) is 2.62. The molecular formula is C9H10BrN3O2. The molecule has 1 aliphatic heterocycles. The first-order valence-corrected chi connectivity index (χ1v) is 5.31. The topological polar surface area (TPSA) is 79.2 Å². The Balaban J connectivity index is 2.42.